The Morgan fingerprint density at radius 3 is 2.69 bits per heavy atom. The molecule has 1 unspecified atom stereocenters. The third-order valence-corrected chi connectivity index (χ3v) is 7.69. The van der Waals surface area contributed by atoms with Crippen molar-refractivity contribution < 1.29 is 4.79 Å². The first-order valence-electron chi connectivity index (χ1n) is 13.1. The standard InChI is InChI=1S/C28H35N9O2/c1-17-11-19-22(35(5)28(17)39)13-25(36-8-6-7-21(36)27(38)31-3)33-26(19)37-10-9-34(4)23-12-20(32-16-24(23)37)18(14-29)15-30-2/h11-16,21H,6-10,29H2,1-5H3,(H,31,38)/b18-14+,30-15?. The van der Waals surface area contributed by atoms with Crippen molar-refractivity contribution in [1.29, 1.82) is 0 Å². The topological polar surface area (TPSA) is 125 Å². The van der Waals surface area contributed by atoms with Crippen molar-refractivity contribution in [3.05, 3.63) is 52.2 Å². The molecular formula is C28H35N9O2. The highest BCUT2D eigenvalue weighted by atomic mass is 16.2. The molecule has 2 aliphatic rings. The number of anilines is 4. The Balaban J connectivity index is 1.72. The number of hydrogen-bond acceptors (Lipinski definition) is 9. The molecule has 39 heavy (non-hydrogen) atoms. The molecule has 3 aromatic heterocycles. The Kier molecular flexibility index (Phi) is 6.98. The lowest BCUT2D eigenvalue weighted by molar-refractivity contribution is -0.121. The van der Waals surface area contributed by atoms with Crippen LogP contribution < -0.4 is 31.3 Å². The van der Waals surface area contributed by atoms with E-state index in [1.165, 1.54) is 6.20 Å². The average Bonchev–Trinajstić information content (AvgIpc) is 3.44. The molecule has 1 saturated heterocycles. The SMILES string of the molecule is CN=C/C(=C\N)c1cc2c(cn1)N(c1nc(N3CCCC3C(=O)NC)cc3c1cc(C)c(=O)n3C)CCN2C. The Labute approximate surface area is 227 Å². The Hall–Kier alpha value is -4.41. The third-order valence-electron chi connectivity index (χ3n) is 7.69. The van der Waals surface area contributed by atoms with Crippen molar-refractivity contribution in [2.45, 2.75) is 25.8 Å². The minimum atomic E-state index is -0.305. The largest absolute Gasteiger partial charge is 0.404 e. The Morgan fingerprint density at radius 2 is 1.97 bits per heavy atom. The molecular weight excluding hydrogens is 494 g/mol. The van der Waals surface area contributed by atoms with E-state index < -0.39 is 0 Å². The summed E-state index contributed by atoms with van der Waals surface area (Å²) < 4.78 is 1.67. The van der Waals surface area contributed by atoms with E-state index in [-0.39, 0.29) is 17.5 Å². The summed E-state index contributed by atoms with van der Waals surface area (Å²) in [5, 5.41) is 3.65. The molecule has 0 bridgehead atoms. The molecule has 1 atom stereocenters. The normalized spacial score (nSPS) is 17.8. The van der Waals surface area contributed by atoms with Gasteiger partial charge in [0.15, 0.2) is 0 Å². The monoisotopic (exact) mass is 529 g/mol. The summed E-state index contributed by atoms with van der Waals surface area (Å²) in [7, 11) is 7.19. The summed E-state index contributed by atoms with van der Waals surface area (Å²) >= 11 is 0. The van der Waals surface area contributed by atoms with Crippen molar-refractivity contribution in [3.8, 4) is 0 Å². The molecule has 2 aliphatic heterocycles. The smallest absolute Gasteiger partial charge is 0.253 e. The van der Waals surface area contributed by atoms with E-state index in [9.17, 15) is 9.59 Å². The zero-order valence-corrected chi connectivity index (χ0v) is 23.1. The number of allylic oxidation sites excluding steroid dienone is 1. The molecule has 3 aromatic rings. The van der Waals surface area contributed by atoms with Crippen LogP contribution in [0.4, 0.5) is 23.0 Å². The minimum absolute atomic E-state index is 0.0326. The summed E-state index contributed by atoms with van der Waals surface area (Å²) in [6.07, 6.45) is 6.68. The highest BCUT2D eigenvalue weighted by Gasteiger charge is 2.33. The van der Waals surface area contributed by atoms with Crippen LogP contribution in [0.5, 0.6) is 0 Å². The van der Waals surface area contributed by atoms with Gasteiger partial charge in [-0.25, -0.2) is 4.98 Å². The fourth-order valence-corrected chi connectivity index (χ4v) is 5.57. The molecule has 0 saturated carbocycles. The molecule has 1 amide bonds. The molecule has 204 valence electrons. The number of amides is 1. The third kappa shape index (κ3) is 4.47. The number of nitrogens with zero attached hydrogens (tertiary/aromatic N) is 7. The summed E-state index contributed by atoms with van der Waals surface area (Å²) in [6, 6.07) is 5.55. The number of carbonyl (C=O) groups is 1. The lowest BCUT2D eigenvalue weighted by atomic mass is 10.1. The van der Waals surface area contributed by atoms with Gasteiger partial charge in [-0.15, -0.1) is 0 Å². The molecule has 0 aliphatic carbocycles. The van der Waals surface area contributed by atoms with E-state index in [4.69, 9.17) is 15.7 Å². The second kappa shape index (κ2) is 10.4. The summed E-state index contributed by atoms with van der Waals surface area (Å²) in [6.45, 7) is 3.96. The first kappa shape index (κ1) is 26.2. The van der Waals surface area contributed by atoms with E-state index in [0.717, 1.165) is 58.7 Å². The first-order valence-corrected chi connectivity index (χ1v) is 13.1. The molecule has 5 heterocycles. The number of pyridine rings is 3. The summed E-state index contributed by atoms with van der Waals surface area (Å²) in [4.78, 5) is 46.0. The summed E-state index contributed by atoms with van der Waals surface area (Å²) in [5.41, 5.74) is 10.6. The van der Waals surface area contributed by atoms with E-state index >= 15 is 0 Å². The van der Waals surface area contributed by atoms with Crippen LogP contribution in [-0.2, 0) is 11.8 Å². The number of hydrogen-bond donors (Lipinski definition) is 2. The van der Waals surface area contributed by atoms with Gasteiger partial charge < -0.3 is 30.3 Å². The Bertz CT molecular complexity index is 1560. The van der Waals surface area contributed by atoms with Gasteiger partial charge in [-0.05, 0) is 31.9 Å². The van der Waals surface area contributed by atoms with Crippen molar-refractivity contribution in [2.24, 2.45) is 17.8 Å². The molecule has 0 radical (unpaired) electrons. The van der Waals surface area contributed by atoms with E-state index in [0.29, 0.717) is 24.5 Å². The first-order chi connectivity index (χ1) is 18.8. The number of aliphatic imine (C=N–C) groups is 1. The summed E-state index contributed by atoms with van der Waals surface area (Å²) in [5.74, 6) is 1.38. The zero-order chi connectivity index (χ0) is 27.8. The van der Waals surface area contributed by atoms with Crippen LogP contribution in [0, 0.1) is 6.92 Å². The van der Waals surface area contributed by atoms with Crippen molar-refractivity contribution in [1.82, 2.24) is 19.9 Å². The second-order valence-corrected chi connectivity index (χ2v) is 10.0. The van der Waals surface area contributed by atoms with Gasteiger partial charge in [0.1, 0.15) is 17.7 Å². The molecule has 5 rings (SSSR count). The van der Waals surface area contributed by atoms with Crippen LogP contribution in [0.3, 0.4) is 0 Å². The predicted molar refractivity (Wildman–Crippen MR) is 157 cm³/mol. The number of fused-ring (bicyclic) bond motifs is 2. The van der Waals surface area contributed by atoms with E-state index in [1.54, 1.807) is 31.9 Å². The van der Waals surface area contributed by atoms with Crippen LogP contribution in [-0.4, -0.2) is 73.5 Å². The number of aryl methyl sites for hydroxylation is 2. The fourth-order valence-electron chi connectivity index (χ4n) is 5.57. The lowest BCUT2D eigenvalue weighted by Crippen LogP contribution is -2.42. The maximum Gasteiger partial charge on any atom is 0.253 e. The zero-order valence-electron chi connectivity index (χ0n) is 23.1. The van der Waals surface area contributed by atoms with Crippen molar-refractivity contribution in [3.63, 3.8) is 0 Å². The number of nitrogens with one attached hydrogen (secondary N) is 1. The quantitative estimate of drug-likeness (QED) is 0.481. The minimum Gasteiger partial charge on any atom is -0.404 e. The van der Waals surface area contributed by atoms with Crippen LogP contribution in [0.2, 0.25) is 0 Å². The number of carbonyl (C=O) groups excluding carboxylic acids is 1. The van der Waals surface area contributed by atoms with Crippen LogP contribution in [0.15, 0.2) is 40.4 Å². The lowest BCUT2D eigenvalue weighted by Gasteiger charge is -2.37. The van der Waals surface area contributed by atoms with Gasteiger partial charge in [0, 0.05) is 82.8 Å². The highest BCUT2D eigenvalue weighted by molar-refractivity contribution is 6.09. The van der Waals surface area contributed by atoms with Crippen LogP contribution >= 0.6 is 0 Å². The van der Waals surface area contributed by atoms with E-state index in [2.05, 4.69) is 20.1 Å². The van der Waals surface area contributed by atoms with E-state index in [1.807, 2.05) is 43.3 Å². The second-order valence-electron chi connectivity index (χ2n) is 10.0. The number of likely N-dealkylation sites (N-methyl/N-ethyl adjacent to an activating group) is 2. The number of rotatable bonds is 5. The molecule has 3 N–H and O–H groups in total. The van der Waals surface area contributed by atoms with Crippen LogP contribution in [0.1, 0.15) is 24.1 Å². The number of aromatic nitrogens is 3. The van der Waals surface area contributed by atoms with Crippen LogP contribution in [0.25, 0.3) is 16.5 Å². The molecule has 1 fully saturated rings. The maximum absolute atomic E-state index is 13.0. The van der Waals surface area contributed by atoms with Gasteiger partial charge in [0.2, 0.25) is 5.91 Å². The molecule has 11 heteroatoms. The fraction of sp³-hybridized carbons (Fsp3) is 0.393. The Morgan fingerprint density at radius 1 is 1.18 bits per heavy atom. The average molecular weight is 530 g/mol. The van der Waals surface area contributed by atoms with Gasteiger partial charge in [0.05, 0.1) is 28.8 Å². The number of nitrogens with two attached hydrogens (primary N) is 1. The molecule has 0 spiro atoms. The predicted octanol–water partition coefficient (Wildman–Crippen LogP) is 1.94. The maximum atomic E-state index is 13.0. The van der Waals surface area contributed by atoms with Gasteiger partial charge >= 0.3 is 0 Å². The van der Waals surface area contributed by atoms with Gasteiger partial charge in [-0.2, -0.15) is 0 Å². The van der Waals surface area contributed by atoms with Gasteiger partial charge in [0.25, 0.3) is 5.56 Å². The highest BCUT2D eigenvalue weighted by Crippen LogP contribution is 2.41. The van der Waals surface area contributed by atoms with Crippen molar-refractivity contribution >= 4 is 51.6 Å². The van der Waals surface area contributed by atoms with Crippen molar-refractivity contribution in [2.75, 3.05) is 55.5 Å². The van der Waals surface area contributed by atoms with Gasteiger partial charge in [-0.3, -0.25) is 19.6 Å². The molecule has 0 aromatic carbocycles. The van der Waals surface area contributed by atoms with Gasteiger partial charge in [-0.1, -0.05) is 0 Å². The molecule has 11 nitrogen and oxygen atoms in total.